The number of hydrogen-bond donors (Lipinski definition) is 0. The van der Waals surface area contributed by atoms with E-state index in [1.165, 1.54) is 11.0 Å². The van der Waals surface area contributed by atoms with Crippen LogP contribution in [0.5, 0.6) is 0 Å². The Morgan fingerprint density at radius 2 is 1.89 bits per heavy atom. The maximum atomic E-state index is 11.7. The molecule has 0 spiro atoms. The van der Waals surface area contributed by atoms with Crippen molar-refractivity contribution in [3.8, 4) is 0 Å². The highest BCUT2D eigenvalue weighted by atomic mass is 16.6. The number of esters is 1. The third kappa shape index (κ3) is 6.93. The van der Waals surface area contributed by atoms with Crippen molar-refractivity contribution in [3.05, 3.63) is 12.2 Å². The molecule has 0 rings (SSSR count). The molecule has 0 aliphatic heterocycles. The SMILES string of the molecule is CCOC(=O)/C=C/[C@@H](C)N(C)C(=O)OC(C)(C)C. The maximum Gasteiger partial charge on any atom is 0.410 e. The Kier molecular flexibility index (Phi) is 6.44. The molecule has 0 aliphatic rings. The Morgan fingerprint density at radius 1 is 1.33 bits per heavy atom. The van der Waals surface area contributed by atoms with Gasteiger partial charge in [-0.2, -0.15) is 0 Å². The summed E-state index contributed by atoms with van der Waals surface area (Å²) in [5, 5.41) is 0. The van der Waals surface area contributed by atoms with Gasteiger partial charge < -0.3 is 14.4 Å². The first-order chi connectivity index (χ1) is 8.17. The highest BCUT2D eigenvalue weighted by Crippen LogP contribution is 2.11. The number of hydrogen-bond acceptors (Lipinski definition) is 4. The molecule has 0 aromatic carbocycles. The van der Waals surface area contributed by atoms with Crippen LogP contribution in [0.25, 0.3) is 0 Å². The van der Waals surface area contributed by atoms with Crippen molar-refractivity contribution in [3.63, 3.8) is 0 Å². The number of likely N-dealkylation sites (N-methyl/N-ethyl adjacent to an activating group) is 1. The Morgan fingerprint density at radius 3 is 2.33 bits per heavy atom. The molecule has 1 atom stereocenters. The zero-order valence-corrected chi connectivity index (χ0v) is 12.0. The lowest BCUT2D eigenvalue weighted by Gasteiger charge is -2.27. The highest BCUT2D eigenvalue weighted by Gasteiger charge is 2.21. The normalized spacial score (nSPS) is 13.2. The fraction of sp³-hybridized carbons (Fsp3) is 0.692. The number of rotatable bonds is 4. The minimum Gasteiger partial charge on any atom is -0.463 e. The van der Waals surface area contributed by atoms with Crippen molar-refractivity contribution in [1.82, 2.24) is 4.90 Å². The van der Waals surface area contributed by atoms with Crippen LogP contribution in [0.15, 0.2) is 12.2 Å². The molecule has 0 N–H and O–H groups in total. The summed E-state index contributed by atoms with van der Waals surface area (Å²) in [5.74, 6) is -0.415. The molecular weight excluding hydrogens is 234 g/mol. The van der Waals surface area contributed by atoms with Crippen molar-refractivity contribution in [2.45, 2.75) is 46.3 Å². The first kappa shape index (κ1) is 16.5. The molecule has 104 valence electrons. The number of amides is 1. The van der Waals surface area contributed by atoms with E-state index in [0.717, 1.165) is 0 Å². The van der Waals surface area contributed by atoms with E-state index in [1.807, 2.05) is 0 Å². The van der Waals surface area contributed by atoms with Gasteiger partial charge in [0.05, 0.1) is 12.6 Å². The summed E-state index contributed by atoms with van der Waals surface area (Å²) in [7, 11) is 1.62. The van der Waals surface area contributed by atoms with Crippen LogP contribution in [0.4, 0.5) is 4.79 Å². The number of ether oxygens (including phenoxy) is 2. The van der Waals surface area contributed by atoms with Gasteiger partial charge in [0, 0.05) is 13.1 Å². The Balaban J connectivity index is 4.38. The summed E-state index contributed by atoms with van der Waals surface area (Å²) < 4.78 is 9.96. The van der Waals surface area contributed by atoms with Gasteiger partial charge >= 0.3 is 12.1 Å². The molecule has 0 heterocycles. The summed E-state index contributed by atoms with van der Waals surface area (Å²) in [6, 6.07) is -0.246. The van der Waals surface area contributed by atoms with E-state index in [1.54, 1.807) is 47.7 Å². The second-order valence-electron chi connectivity index (χ2n) is 4.94. The molecule has 0 radical (unpaired) electrons. The van der Waals surface area contributed by atoms with Gasteiger partial charge in [-0.25, -0.2) is 9.59 Å². The molecular formula is C13H23NO4. The average Bonchev–Trinajstić information content (AvgIpc) is 2.22. The van der Waals surface area contributed by atoms with Crippen molar-refractivity contribution in [1.29, 1.82) is 0 Å². The highest BCUT2D eigenvalue weighted by molar-refractivity contribution is 5.82. The zero-order valence-electron chi connectivity index (χ0n) is 12.0. The topological polar surface area (TPSA) is 55.8 Å². The van der Waals surface area contributed by atoms with Crippen LogP contribution in [0.2, 0.25) is 0 Å². The Hall–Kier alpha value is -1.52. The summed E-state index contributed by atoms with van der Waals surface area (Å²) in [4.78, 5) is 24.3. The molecule has 0 bridgehead atoms. The minimum atomic E-state index is -0.532. The molecule has 0 aliphatic carbocycles. The van der Waals surface area contributed by atoms with Gasteiger partial charge in [-0.3, -0.25) is 0 Å². The molecule has 0 unspecified atom stereocenters. The lowest BCUT2D eigenvalue weighted by Crippen LogP contribution is -2.38. The largest absolute Gasteiger partial charge is 0.463 e. The van der Waals surface area contributed by atoms with Gasteiger partial charge in [0.15, 0.2) is 0 Å². The van der Waals surface area contributed by atoms with Crippen LogP contribution in [-0.2, 0) is 14.3 Å². The second-order valence-corrected chi connectivity index (χ2v) is 4.94. The lowest BCUT2D eigenvalue weighted by atomic mass is 10.2. The van der Waals surface area contributed by atoms with E-state index < -0.39 is 17.7 Å². The fourth-order valence-electron chi connectivity index (χ4n) is 1.04. The van der Waals surface area contributed by atoms with Crippen LogP contribution in [0, 0.1) is 0 Å². The predicted molar refractivity (Wildman–Crippen MR) is 69.2 cm³/mol. The van der Waals surface area contributed by atoms with Crippen molar-refractivity contribution < 1.29 is 19.1 Å². The number of carbonyl (C=O) groups excluding carboxylic acids is 2. The molecule has 0 saturated carbocycles. The third-order valence-electron chi connectivity index (χ3n) is 2.09. The van der Waals surface area contributed by atoms with Crippen molar-refractivity contribution in [2.24, 2.45) is 0 Å². The molecule has 0 aromatic heterocycles. The van der Waals surface area contributed by atoms with Gasteiger partial charge in [-0.15, -0.1) is 0 Å². The van der Waals surface area contributed by atoms with Crippen LogP contribution in [0.3, 0.4) is 0 Å². The minimum absolute atomic E-state index is 0.246. The van der Waals surface area contributed by atoms with Gasteiger partial charge in [0.25, 0.3) is 0 Å². The van der Waals surface area contributed by atoms with E-state index in [0.29, 0.717) is 6.61 Å². The Labute approximate surface area is 109 Å². The van der Waals surface area contributed by atoms with Crippen LogP contribution in [0.1, 0.15) is 34.6 Å². The maximum absolute atomic E-state index is 11.7. The molecule has 1 amide bonds. The smallest absolute Gasteiger partial charge is 0.410 e. The molecule has 0 fully saturated rings. The van der Waals surface area contributed by atoms with E-state index in [4.69, 9.17) is 9.47 Å². The summed E-state index contributed by atoms with van der Waals surface area (Å²) >= 11 is 0. The predicted octanol–water partition coefficient (Wildman–Crippen LogP) is 2.36. The number of carbonyl (C=O) groups is 2. The van der Waals surface area contributed by atoms with Crippen LogP contribution >= 0.6 is 0 Å². The van der Waals surface area contributed by atoms with E-state index in [-0.39, 0.29) is 6.04 Å². The van der Waals surface area contributed by atoms with Gasteiger partial charge in [0.2, 0.25) is 0 Å². The first-order valence-corrected chi connectivity index (χ1v) is 5.98. The van der Waals surface area contributed by atoms with Crippen molar-refractivity contribution >= 4 is 12.1 Å². The third-order valence-corrected chi connectivity index (χ3v) is 2.09. The standard InChI is InChI=1S/C13H23NO4/c1-7-17-11(15)9-8-10(2)14(6)12(16)18-13(3,4)5/h8-10H,7H2,1-6H3/b9-8+/t10-/m1/s1. The second kappa shape index (κ2) is 7.03. The lowest BCUT2D eigenvalue weighted by molar-refractivity contribution is -0.137. The van der Waals surface area contributed by atoms with E-state index >= 15 is 0 Å². The van der Waals surface area contributed by atoms with Crippen LogP contribution in [-0.4, -0.2) is 42.3 Å². The Bertz CT molecular complexity index is 317. The monoisotopic (exact) mass is 257 g/mol. The fourth-order valence-corrected chi connectivity index (χ4v) is 1.04. The average molecular weight is 257 g/mol. The van der Waals surface area contributed by atoms with Gasteiger partial charge in [-0.1, -0.05) is 6.08 Å². The summed E-state index contributed by atoms with van der Waals surface area (Å²) in [5.41, 5.74) is -0.532. The number of nitrogens with zero attached hydrogens (tertiary/aromatic N) is 1. The molecule has 0 saturated heterocycles. The van der Waals surface area contributed by atoms with E-state index in [2.05, 4.69) is 0 Å². The molecule has 0 aromatic rings. The van der Waals surface area contributed by atoms with E-state index in [9.17, 15) is 9.59 Å². The van der Waals surface area contributed by atoms with Gasteiger partial charge in [-0.05, 0) is 34.6 Å². The van der Waals surface area contributed by atoms with Crippen molar-refractivity contribution in [2.75, 3.05) is 13.7 Å². The molecule has 18 heavy (non-hydrogen) atoms. The quantitative estimate of drug-likeness (QED) is 0.573. The zero-order chi connectivity index (χ0) is 14.3. The summed E-state index contributed by atoms with van der Waals surface area (Å²) in [6.45, 7) is 9.27. The molecule has 5 heteroatoms. The summed E-state index contributed by atoms with van der Waals surface area (Å²) in [6.07, 6.45) is 2.49. The molecule has 5 nitrogen and oxygen atoms in total. The first-order valence-electron chi connectivity index (χ1n) is 5.98. The van der Waals surface area contributed by atoms with Gasteiger partial charge in [0.1, 0.15) is 5.60 Å². The van der Waals surface area contributed by atoms with Crippen LogP contribution < -0.4 is 0 Å².